The second-order valence-corrected chi connectivity index (χ2v) is 7.57. The van der Waals surface area contributed by atoms with Gasteiger partial charge >= 0.3 is 5.97 Å². The van der Waals surface area contributed by atoms with Gasteiger partial charge in [0, 0.05) is 6.04 Å². The first-order valence-electron chi connectivity index (χ1n) is 10.4. The molecule has 0 saturated carbocycles. The fourth-order valence-corrected chi connectivity index (χ4v) is 4.24. The van der Waals surface area contributed by atoms with Crippen molar-refractivity contribution < 1.29 is 19.4 Å². The largest absolute Gasteiger partial charge is 0.438 e. The summed E-state index contributed by atoms with van der Waals surface area (Å²) in [6.45, 7) is -0.121. The molecule has 158 valence electrons. The zero-order chi connectivity index (χ0) is 21.6. The number of nitrogens with zero attached hydrogens (tertiary/aromatic N) is 1. The summed E-state index contributed by atoms with van der Waals surface area (Å²) in [4.78, 5) is 14.0. The summed E-state index contributed by atoms with van der Waals surface area (Å²) in [5.41, 5.74) is 3.29. The minimum atomic E-state index is -1.27. The van der Waals surface area contributed by atoms with Gasteiger partial charge in [-0.2, -0.15) is 0 Å². The average molecular weight is 415 g/mol. The summed E-state index contributed by atoms with van der Waals surface area (Å²) < 4.78 is 10.6. The number of ether oxygens (including phenoxy) is 2. The monoisotopic (exact) mass is 415 g/mol. The lowest BCUT2D eigenvalue weighted by atomic mass is 10.0. The Labute approximate surface area is 182 Å². The second-order valence-electron chi connectivity index (χ2n) is 7.57. The summed E-state index contributed by atoms with van der Waals surface area (Å²) in [6.07, 6.45) is 6.16. The van der Waals surface area contributed by atoms with Crippen molar-refractivity contribution in [2.75, 3.05) is 13.3 Å². The number of aliphatic hydroxyl groups excluding tert-OH is 1. The predicted octanol–water partition coefficient (Wildman–Crippen LogP) is 3.80. The first-order valence-corrected chi connectivity index (χ1v) is 10.4. The number of terminal acetylenes is 1. The highest BCUT2D eigenvalue weighted by molar-refractivity contribution is 5.88. The molecule has 0 spiro atoms. The van der Waals surface area contributed by atoms with E-state index in [0.717, 1.165) is 34.7 Å². The third-order valence-corrected chi connectivity index (χ3v) is 5.71. The van der Waals surface area contributed by atoms with Crippen molar-refractivity contribution in [2.45, 2.75) is 31.7 Å². The van der Waals surface area contributed by atoms with E-state index in [2.05, 4.69) is 12.0 Å². The van der Waals surface area contributed by atoms with Crippen LogP contribution >= 0.6 is 0 Å². The molecule has 0 amide bonds. The SMILES string of the molecule is C#CCN(C(O)OCOC(=O)Cc1cccc2ccccc12)[C@@H]1CCc2ccccc21. The van der Waals surface area contributed by atoms with E-state index in [1.807, 2.05) is 60.7 Å². The molecule has 1 aliphatic rings. The molecule has 2 atom stereocenters. The maximum Gasteiger partial charge on any atom is 0.312 e. The molecule has 3 aromatic rings. The molecular weight excluding hydrogens is 390 g/mol. The first-order chi connectivity index (χ1) is 15.2. The molecule has 31 heavy (non-hydrogen) atoms. The fourth-order valence-electron chi connectivity index (χ4n) is 4.24. The summed E-state index contributed by atoms with van der Waals surface area (Å²) >= 11 is 0. The Morgan fingerprint density at radius 1 is 1.13 bits per heavy atom. The molecular formula is C26H25NO4. The molecule has 4 rings (SSSR count). The average Bonchev–Trinajstić information content (AvgIpc) is 3.21. The van der Waals surface area contributed by atoms with Gasteiger partial charge in [0.1, 0.15) is 0 Å². The molecule has 3 aromatic carbocycles. The number of hydrogen-bond donors (Lipinski definition) is 1. The summed E-state index contributed by atoms with van der Waals surface area (Å²) in [5.74, 6) is 2.17. The molecule has 1 N–H and O–H groups in total. The van der Waals surface area contributed by atoms with Crippen molar-refractivity contribution in [3.63, 3.8) is 0 Å². The van der Waals surface area contributed by atoms with Gasteiger partial charge in [0.05, 0.1) is 13.0 Å². The highest BCUT2D eigenvalue weighted by atomic mass is 16.7. The number of rotatable bonds is 8. The first kappa shape index (κ1) is 21.1. The van der Waals surface area contributed by atoms with Crippen LogP contribution in [0.3, 0.4) is 0 Å². The van der Waals surface area contributed by atoms with Crippen LogP contribution in [0.4, 0.5) is 0 Å². The van der Waals surface area contributed by atoms with E-state index >= 15 is 0 Å². The van der Waals surface area contributed by atoms with E-state index in [1.165, 1.54) is 5.56 Å². The van der Waals surface area contributed by atoms with Crippen molar-refractivity contribution in [1.82, 2.24) is 4.90 Å². The van der Waals surface area contributed by atoms with Crippen LogP contribution in [0.15, 0.2) is 66.7 Å². The molecule has 1 aliphatic carbocycles. The zero-order valence-electron chi connectivity index (χ0n) is 17.2. The number of hydrogen-bond acceptors (Lipinski definition) is 5. The summed E-state index contributed by atoms with van der Waals surface area (Å²) in [6, 6.07) is 21.8. The number of aryl methyl sites for hydroxylation is 1. The molecule has 0 aliphatic heterocycles. The fraction of sp³-hybridized carbons (Fsp3) is 0.269. The van der Waals surface area contributed by atoms with E-state index in [0.29, 0.717) is 0 Å². The van der Waals surface area contributed by atoms with Crippen LogP contribution < -0.4 is 0 Å². The molecule has 0 saturated heterocycles. The van der Waals surface area contributed by atoms with E-state index in [4.69, 9.17) is 15.9 Å². The maximum atomic E-state index is 12.3. The number of benzene rings is 3. The number of carbonyl (C=O) groups is 1. The standard InChI is InChI=1S/C26H25NO4/c1-2-16-27(24-15-14-20-9-4-6-13-23(20)24)26(29)31-18-30-25(28)17-21-11-7-10-19-8-3-5-12-22(19)21/h1,3-13,24,26,29H,14-18H2/t24-,26?/m1/s1. The van der Waals surface area contributed by atoms with Crippen LogP contribution in [0.2, 0.25) is 0 Å². The normalized spacial score (nSPS) is 16.1. The minimum Gasteiger partial charge on any atom is -0.438 e. The van der Waals surface area contributed by atoms with E-state index in [9.17, 15) is 9.90 Å². The highest BCUT2D eigenvalue weighted by Gasteiger charge is 2.31. The van der Waals surface area contributed by atoms with Gasteiger partial charge < -0.3 is 14.6 Å². The van der Waals surface area contributed by atoms with Crippen LogP contribution in [-0.4, -0.2) is 35.7 Å². The van der Waals surface area contributed by atoms with Crippen LogP contribution in [0, 0.1) is 12.3 Å². The molecule has 0 heterocycles. The van der Waals surface area contributed by atoms with Gasteiger partial charge in [-0.05, 0) is 40.3 Å². The Kier molecular flexibility index (Phi) is 6.63. The van der Waals surface area contributed by atoms with Crippen molar-refractivity contribution in [3.05, 3.63) is 83.4 Å². The van der Waals surface area contributed by atoms with E-state index in [1.54, 1.807) is 4.90 Å². The van der Waals surface area contributed by atoms with E-state index in [-0.39, 0.29) is 25.8 Å². The van der Waals surface area contributed by atoms with Gasteiger partial charge in [-0.3, -0.25) is 4.79 Å². The van der Waals surface area contributed by atoms with Crippen LogP contribution in [0.1, 0.15) is 29.2 Å². The number of fused-ring (bicyclic) bond motifs is 2. The number of carbonyl (C=O) groups excluding carboxylic acids is 1. The van der Waals surface area contributed by atoms with Gasteiger partial charge in [-0.25, -0.2) is 4.90 Å². The predicted molar refractivity (Wildman–Crippen MR) is 119 cm³/mol. The Bertz CT molecular complexity index is 1100. The topological polar surface area (TPSA) is 59.0 Å². The summed E-state index contributed by atoms with van der Waals surface area (Å²) in [7, 11) is 0. The molecule has 0 aromatic heterocycles. The number of esters is 1. The molecule has 1 unspecified atom stereocenters. The maximum absolute atomic E-state index is 12.3. The van der Waals surface area contributed by atoms with E-state index < -0.39 is 12.4 Å². The smallest absolute Gasteiger partial charge is 0.312 e. The Morgan fingerprint density at radius 2 is 1.90 bits per heavy atom. The Balaban J connectivity index is 1.34. The third-order valence-electron chi connectivity index (χ3n) is 5.71. The van der Waals surface area contributed by atoms with Gasteiger partial charge in [0.15, 0.2) is 6.79 Å². The zero-order valence-corrected chi connectivity index (χ0v) is 17.2. The molecule has 0 bridgehead atoms. The third kappa shape index (κ3) is 4.78. The van der Waals surface area contributed by atoms with Crippen LogP contribution in [0.25, 0.3) is 10.8 Å². The van der Waals surface area contributed by atoms with Crippen LogP contribution in [-0.2, 0) is 27.1 Å². The lowest BCUT2D eigenvalue weighted by molar-refractivity contribution is -0.239. The second kappa shape index (κ2) is 9.76. The lowest BCUT2D eigenvalue weighted by Gasteiger charge is -2.31. The van der Waals surface area contributed by atoms with Crippen molar-refractivity contribution >= 4 is 16.7 Å². The summed E-state index contributed by atoms with van der Waals surface area (Å²) in [5, 5.41) is 12.7. The Morgan fingerprint density at radius 3 is 2.77 bits per heavy atom. The van der Waals surface area contributed by atoms with Gasteiger partial charge in [0.2, 0.25) is 6.41 Å². The molecule has 0 fully saturated rings. The van der Waals surface area contributed by atoms with Crippen molar-refractivity contribution in [2.24, 2.45) is 0 Å². The molecule has 5 nitrogen and oxygen atoms in total. The highest BCUT2D eigenvalue weighted by Crippen LogP contribution is 2.36. The van der Waals surface area contributed by atoms with Gasteiger partial charge in [-0.1, -0.05) is 72.7 Å². The number of aliphatic hydroxyl groups is 1. The minimum absolute atomic E-state index is 0.0337. The quantitative estimate of drug-likeness (QED) is 0.345. The lowest BCUT2D eigenvalue weighted by Crippen LogP contribution is -2.40. The molecule has 5 heteroatoms. The van der Waals surface area contributed by atoms with Gasteiger partial charge in [0.25, 0.3) is 0 Å². The van der Waals surface area contributed by atoms with Crippen molar-refractivity contribution in [1.29, 1.82) is 0 Å². The van der Waals surface area contributed by atoms with Crippen LogP contribution in [0.5, 0.6) is 0 Å². The van der Waals surface area contributed by atoms with Crippen molar-refractivity contribution in [3.8, 4) is 12.3 Å². The Hall–Kier alpha value is -3.17. The van der Waals surface area contributed by atoms with Gasteiger partial charge in [-0.15, -0.1) is 6.42 Å². The molecule has 0 radical (unpaired) electrons.